The Balaban J connectivity index is 2.06. The van der Waals surface area contributed by atoms with E-state index in [1.165, 1.54) is 0 Å². The van der Waals surface area contributed by atoms with Gasteiger partial charge in [-0.1, -0.05) is 15.9 Å². The van der Waals surface area contributed by atoms with Crippen molar-refractivity contribution in [2.75, 3.05) is 6.61 Å². The molecule has 0 aliphatic heterocycles. The molecule has 0 atom stereocenters. The highest BCUT2D eigenvalue weighted by Crippen LogP contribution is 2.24. The number of hydrogen-bond donors (Lipinski definition) is 0. The topological polar surface area (TPSA) is 26.3 Å². The lowest BCUT2D eigenvalue weighted by Crippen LogP contribution is -2.12. The Morgan fingerprint density at radius 3 is 2.58 bits per heavy atom. The van der Waals surface area contributed by atoms with Gasteiger partial charge in [0.15, 0.2) is 6.61 Å². The zero-order chi connectivity index (χ0) is 14.0. The van der Waals surface area contributed by atoms with Gasteiger partial charge in [-0.05, 0) is 50.6 Å². The first-order valence-electron chi connectivity index (χ1n) is 5.96. The molecule has 0 spiro atoms. The first kappa shape index (κ1) is 14.3. The van der Waals surface area contributed by atoms with E-state index >= 15 is 0 Å². The van der Waals surface area contributed by atoms with Crippen LogP contribution in [0.1, 0.15) is 25.7 Å². The summed E-state index contributed by atoms with van der Waals surface area (Å²) in [5, 5.41) is 0. The van der Waals surface area contributed by atoms with Crippen LogP contribution in [0.3, 0.4) is 0 Å². The highest BCUT2D eigenvalue weighted by molar-refractivity contribution is 9.10. The molecule has 4 heteroatoms. The Labute approximate surface area is 125 Å². The van der Waals surface area contributed by atoms with E-state index in [0.29, 0.717) is 0 Å². The van der Waals surface area contributed by atoms with Crippen molar-refractivity contribution in [1.29, 1.82) is 0 Å². The SMILES string of the molecule is Cc1cc(C(=O)COc2ccc(Br)cc2C)c(C)s1. The molecule has 0 saturated heterocycles. The third-order valence-electron chi connectivity index (χ3n) is 2.84. The van der Waals surface area contributed by atoms with Crippen LogP contribution < -0.4 is 4.74 Å². The maximum atomic E-state index is 12.1. The van der Waals surface area contributed by atoms with Crippen LogP contribution in [0.2, 0.25) is 0 Å². The molecule has 2 rings (SSSR count). The molecule has 1 heterocycles. The molecule has 1 aromatic heterocycles. The molecule has 1 aromatic carbocycles. The average Bonchev–Trinajstić information content (AvgIpc) is 2.67. The predicted molar refractivity (Wildman–Crippen MR) is 82.5 cm³/mol. The van der Waals surface area contributed by atoms with Gasteiger partial charge in [0, 0.05) is 19.8 Å². The Morgan fingerprint density at radius 2 is 2.00 bits per heavy atom. The van der Waals surface area contributed by atoms with Gasteiger partial charge in [-0.2, -0.15) is 0 Å². The minimum Gasteiger partial charge on any atom is -0.485 e. The largest absolute Gasteiger partial charge is 0.485 e. The monoisotopic (exact) mass is 338 g/mol. The number of Topliss-reactive ketones (excluding diaryl/α,β-unsaturated/α-hetero) is 1. The average molecular weight is 339 g/mol. The molecule has 2 nitrogen and oxygen atoms in total. The Hall–Kier alpha value is -1.13. The number of carbonyl (C=O) groups is 1. The highest BCUT2D eigenvalue weighted by Gasteiger charge is 2.13. The van der Waals surface area contributed by atoms with Crippen LogP contribution in [0, 0.1) is 20.8 Å². The molecule has 0 aliphatic carbocycles. The number of thiophene rings is 1. The number of rotatable bonds is 4. The lowest BCUT2D eigenvalue weighted by molar-refractivity contribution is 0.0921. The second-order valence-corrected chi connectivity index (χ2v) is 6.82. The first-order chi connectivity index (χ1) is 8.97. The van der Waals surface area contributed by atoms with E-state index in [1.54, 1.807) is 11.3 Å². The fourth-order valence-corrected chi connectivity index (χ4v) is 3.32. The van der Waals surface area contributed by atoms with Crippen molar-refractivity contribution < 1.29 is 9.53 Å². The number of benzene rings is 1. The Kier molecular flexibility index (Phi) is 4.42. The van der Waals surface area contributed by atoms with Crippen LogP contribution in [0.25, 0.3) is 0 Å². The van der Waals surface area contributed by atoms with Gasteiger partial charge in [-0.15, -0.1) is 11.3 Å². The van der Waals surface area contributed by atoms with E-state index < -0.39 is 0 Å². The molecule has 2 aromatic rings. The number of ketones is 1. The summed E-state index contributed by atoms with van der Waals surface area (Å²) in [5.41, 5.74) is 1.79. The van der Waals surface area contributed by atoms with Crippen molar-refractivity contribution in [3.8, 4) is 5.75 Å². The molecular formula is C15H15BrO2S. The lowest BCUT2D eigenvalue weighted by atomic mass is 10.1. The summed E-state index contributed by atoms with van der Waals surface area (Å²) in [6, 6.07) is 7.69. The third kappa shape index (κ3) is 3.45. The van der Waals surface area contributed by atoms with Crippen molar-refractivity contribution in [3.05, 3.63) is 49.6 Å². The molecule has 0 saturated carbocycles. The van der Waals surface area contributed by atoms with Gasteiger partial charge in [0.1, 0.15) is 5.75 Å². The molecule has 19 heavy (non-hydrogen) atoms. The maximum absolute atomic E-state index is 12.1. The van der Waals surface area contributed by atoms with E-state index in [1.807, 2.05) is 45.0 Å². The first-order valence-corrected chi connectivity index (χ1v) is 7.57. The lowest BCUT2D eigenvalue weighted by Gasteiger charge is -2.08. The number of carbonyl (C=O) groups excluding carboxylic acids is 1. The Morgan fingerprint density at radius 1 is 1.26 bits per heavy atom. The second kappa shape index (κ2) is 5.88. The van der Waals surface area contributed by atoms with Crippen LogP contribution >= 0.6 is 27.3 Å². The highest BCUT2D eigenvalue weighted by atomic mass is 79.9. The summed E-state index contributed by atoms with van der Waals surface area (Å²) >= 11 is 5.05. The number of hydrogen-bond acceptors (Lipinski definition) is 3. The van der Waals surface area contributed by atoms with E-state index in [9.17, 15) is 4.79 Å². The van der Waals surface area contributed by atoms with Gasteiger partial charge in [0.25, 0.3) is 0 Å². The van der Waals surface area contributed by atoms with Gasteiger partial charge in [-0.25, -0.2) is 0 Å². The predicted octanol–water partition coefficient (Wildman–Crippen LogP) is 4.70. The zero-order valence-electron chi connectivity index (χ0n) is 11.1. The molecule has 0 amide bonds. The van der Waals surface area contributed by atoms with Crippen LogP contribution in [0.5, 0.6) is 5.75 Å². The van der Waals surface area contributed by atoms with E-state index in [-0.39, 0.29) is 12.4 Å². The molecule has 0 N–H and O–H groups in total. The molecular weight excluding hydrogens is 324 g/mol. The molecule has 0 bridgehead atoms. The second-order valence-electron chi connectivity index (χ2n) is 4.45. The summed E-state index contributed by atoms with van der Waals surface area (Å²) in [6.07, 6.45) is 0. The van der Waals surface area contributed by atoms with Crippen LogP contribution in [-0.4, -0.2) is 12.4 Å². The fraction of sp³-hybridized carbons (Fsp3) is 0.267. The number of aryl methyl sites for hydroxylation is 3. The quantitative estimate of drug-likeness (QED) is 0.755. The van der Waals surface area contributed by atoms with Crippen molar-refractivity contribution in [3.63, 3.8) is 0 Å². The van der Waals surface area contributed by atoms with Crippen molar-refractivity contribution >= 4 is 33.0 Å². The van der Waals surface area contributed by atoms with Crippen LogP contribution in [0.15, 0.2) is 28.7 Å². The minimum atomic E-state index is 0.0316. The van der Waals surface area contributed by atoms with Gasteiger partial charge in [-0.3, -0.25) is 4.79 Å². The summed E-state index contributed by atoms with van der Waals surface area (Å²) in [6.45, 7) is 6.02. The molecule has 0 aliphatic rings. The molecule has 0 unspecified atom stereocenters. The molecule has 100 valence electrons. The fourth-order valence-electron chi connectivity index (χ4n) is 1.90. The number of ether oxygens (including phenoxy) is 1. The normalized spacial score (nSPS) is 10.5. The van der Waals surface area contributed by atoms with Crippen LogP contribution in [0.4, 0.5) is 0 Å². The van der Waals surface area contributed by atoms with E-state index in [0.717, 1.165) is 31.1 Å². The van der Waals surface area contributed by atoms with Gasteiger partial charge >= 0.3 is 0 Å². The van der Waals surface area contributed by atoms with Crippen molar-refractivity contribution in [2.24, 2.45) is 0 Å². The summed E-state index contributed by atoms with van der Waals surface area (Å²) < 4.78 is 6.61. The maximum Gasteiger partial charge on any atom is 0.201 e. The van der Waals surface area contributed by atoms with Gasteiger partial charge in [0.2, 0.25) is 5.78 Å². The Bertz CT molecular complexity index is 617. The van der Waals surface area contributed by atoms with Gasteiger partial charge in [0.05, 0.1) is 0 Å². The molecule has 0 fully saturated rings. The standard InChI is InChI=1S/C15H15BrO2S/c1-9-6-12(16)4-5-15(9)18-8-14(17)13-7-10(2)19-11(13)3/h4-7H,8H2,1-3H3. The van der Waals surface area contributed by atoms with Crippen molar-refractivity contribution in [2.45, 2.75) is 20.8 Å². The van der Waals surface area contributed by atoms with E-state index in [4.69, 9.17) is 4.74 Å². The van der Waals surface area contributed by atoms with E-state index in [2.05, 4.69) is 15.9 Å². The van der Waals surface area contributed by atoms with Gasteiger partial charge < -0.3 is 4.74 Å². The van der Waals surface area contributed by atoms with Crippen molar-refractivity contribution in [1.82, 2.24) is 0 Å². The summed E-state index contributed by atoms with van der Waals surface area (Å²) in [4.78, 5) is 14.3. The molecule has 0 radical (unpaired) electrons. The third-order valence-corrected chi connectivity index (χ3v) is 4.30. The summed E-state index contributed by atoms with van der Waals surface area (Å²) in [5.74, 6) is 0.783. The van der Waals surface area contributed by atoms with Crippen LogP contribution in [-0.2, 0) is 0 Å². The summed E-state index contributed by atoms with van der Waals surface area (Å²) in [7, 11) is 0. The number of halogens is 1. The zero-order valence-corrected chi connectivity index (χ0v) is 13.5. The smallest absolute Gasteiger partial charge is 0.201 e. The minimum absolute atomic E-state index is 0.0316.